The second kappa shape index (κ2) is 4.89. The lowest BCUT2D eigenvalue weighted by Gasteiger charge is -2.19. The molecule has 0 unspecified atom stereocenters. The predicted octanol–water partition coefficient (Wildman–Crippen LogP) is 1.28. The van der Waals surface area contributed by atoms with E-state index in [4.69, 9.17) is 10.5 Å². The summed E-state index contributed by atoms with van der Waals surface area (Å²) in [5.74, 6) is 0. The first-order valence-electron chi connectivity index (χ1n) is 4.91. The van der Waals surface area contributed by atoms with Crippen LogP contribution in [0.2, 0.25) is 0 Å². The van der Waals surface area contributed by atoms with Crippen molar-refractivity contribution in [2.45, 2.75) is 32.9 Å². The second-order valence-corrected chi connectivity index (χ2v) is 4.21. The highest BCUT2D eigenvalue weighted by molar-refractivity contribution is 5.85. The summed E-state index contributed by atoms with van der Waals surface area (Å²) in [5.41, 5.74) is 5.97. The summed E-state index contributed by atoms with van der Waals surface area (Å²) >= 11 is 0. The molecule has 0 fully saturated rings. The Labute approximate surface area is 94.2 Å². The first kappa shape index (κ1) is 12.4. The molecule has 6 nitrogen and oxygen atoms in total. The monoisotopic (exact) mass is 224 g/mol. The highest BCUT2D eigenvalue weighted by atomic mass is 16.6. The van der Waals surface area contributed by atoms with Crippen molar-refractivity contribution in [3.63, 3.8) is 0 Å². The summed E-state index contributed by atoms with van der Waals surface area (Å²) in [6, 6.07) is 0. The van der Waals surface area contributed by atoms with Crippen LogP contribution in [0.15, 0.2) is 12.5 Å². The van der Waals surface area contributed by atoms with E-state index in [0.717, 1.165) is 0 Å². The number of nitrogens with zero attached hydrogens (tertiary/aromatic N) is 2. The molecule has 0 spiro atoms. The molecule has 1 heterocycles. The van der Waals surface area contributed by atoms with Gasteiger partial charge in [-0.25, -0.2) is 14.8 Å². The van der Waals surface area contributed by atoms with E-state index in [0.29, 0.717) is 11.4 Å². The molecule has 1 amide bonds. The van der Waals surface area contributed by atoms with Crippen molar-refractivity contribution in [1.82, 2.24) is 9.97 Å². The van der Waals surface area contributed by atoms with Gasteiger partial charge in [-0.2, -0.15) is 0 Å². The molecule has 88 valence electrons. The van der Waals surface area contributed by atoms with Gasteiger partial charge in [0.2, 0.25) is 0 Å². The Balaban J connectivity index is 2.70. The molecule has 0 aliphatic carbocycles. The smallest absolute Gasteiger partial charge is 0.412 e. The molecule has 0 aliphatic rings. The molecule has 0 aromatic carbocycles. The highest BCUT2D eigenvalue weighted by Gasteiger charge is 2.17. The maximum Gasteiger partial charge on any atom is 0.412 e. The Bertz CT molecular complexity index is 373. The largest absolute Gasteiger partial charge is 0.444 e. The van der Waals surface area contributed by atoms with Gasteiger partial charge in [-0.1, -0.05) is 0 Å². The van der Waals surface area contributed by atoms with E-state index in [1.54, 1.807) is 20.8 Å². The lowest BCUT2D eigenvalue weighted by atomic mass is 10.2. The molecule has 1 aromatic rings. The van der Waals surface area contributed by atoms with E-state index in [1.807, 2.05) is 0 Å². The molecule has 0 saturated carbocycles. The lowest BCUT2D eigenvalue weighted by Crippen LogP contribution is -2.27. The van der Waals surface area contributed by atoms with Gasteiger partial charge in [0.15, 0.2) is 0 Å². The fourth-order valence-electron chi connectivity index (χ4n) is 1.04. The van der Waals surface area contributed by atoms with Gasteiger partial charge >= 0.3 is 6.09 Å². The Kier molecular flexibility index (Phi) is 3.78. The van der Waals surface area contributed by atoms with Gasteiger partial charge in [0, 0.05) is 6.54 Å². The number of carbonyl (C=O) groups excluding carboxylic acids is 1. The van der Waals surface area contributed by atoms with Crippen LogP contribution in [0.3, 0.4) is 0 Å². The number of aromatic nitrogens is 2. The van der Waals surface area contributed by atoms with Crippen LogP contribution in [-0.4, -0.2) is 21.7 Å². The van der Waals surface area contributed by atoms with Crippen LogP contribution in [0.5, 0.6) is 0 Å². The van der Waals surface area contributed by atoms with Crippen molar-refractivity contribution in [1.29, 1.82) is 0 Å². The van der Waals surface area contributed by atoms with Crippen LogP contribution in [0, 0.1) is 0 Å². The third kappa shape index (κ3) is 3.82. The molecule has 1 aromatic heterocycles. The summed E-state index contributed by atoms with van der Waals surface area (Å²) in [6.45, 7) is 5.60. The molecule has 6 heteroatoms. The summed E-state index contributed by atoms with van der Waals surface area (Å²) in [5, 5.41) is 2.55. The van der Waals surface area contributed by atoms with Gasteiger partial charge in [0.1, 0.15) is 11.9 Å². The van der Waals surface area contributed by atoms with Crippen LogP contribution in [-0.2, 0) is 11.3 Å². The van der Waals surface area contributed by atoms with E-state index < -0.39 is 11.7 Å². The minimum Gasteiger partial charge on any atom is -0.444 e. The molecular weight excluding hydrogens is 208 g/mol. The third-order valence-electron chi connectivity index (χ3n) is 1.62. The van der Waals surface area contributed by atoms with Crippen molar-refractivity contribution in [2.24, 2.45) is 5.73 Å². The topological polar surface area (TPSA) is 90.1 Å². The number of hydrogen-bond donors (Lipinski definition) is 2. The number of carbonyl (C=O) groups is 1. The van der Waals surface area contributed by atoms with Gasteiger partial charge in [-0.05, 0) is 20.8 Å². The van der Waals surface area contributed by atoms with Crippen molar-refractivity contribution in [3.05, 3.63) is 18.2 Å². The van der Waals surface area contributed by atoms with Crippen LogP contribution < -0.4 is 11.1 Å². The quantitative estimate of drug-likeness (QED) is 0.789. The Hall–Kier alpha value is -1.69. The minimum absolute atomic E-state index is 0.230. The van der Waals surface area contributed by atoms with Gasteiger partial charge < -0.3 is 10.5 Å². The average Bonchev–Trinajstić information content (AvgIpc) is 2.15. The highest BCUT2D eigenvalue weighted by Crippen LogP contribution is 2.13. The molecule has 0 aliphatic heterocycles. The van der Waals surface area contributed by atoms with E-state index in [-0.39, 0.29) is 6.54 Å². The van der Waals surface area contributed by atoms with E-state index >= 15 is 0 Å². The number of anilines is 1. The Morgan fingerprint density at radius 3 is 2.81 bits per heavy atom. The minimum atomic E-state index is -0.544. The second-order valence-electron chi connectivity index (χ2n) is 4.21. The van der Waals surface area contributed by atoms with Crippen LogP contribution in [0.4, 0.5) is 10.5 Å². The summed E-state index contributed by atoms with van der Waals surface area (Å²) in [7, 11) is 0. The number of nitrogens with one attached hydrogen (secondary N) is 1. The Morgan fingerprint density at radius 1 is 1.56 bits per heavy atom. The normalized spacial score (nSPS) is 11.0. The van der Waals surface area contributed by atoms with Gasteiger partial charge in [-0.15, -0.1) is 0 Å². The third-order valence-corrected chi connectivity index (χ3v) is 1.62. The van der Waals surface area contributed by atoms with Crippen molar-refractivity contribution < 1.29 is 9.53 Å². The standard InChI is InChI=1S/C10H16N4O2/c1-10(2,3)16-9(15)14-8-5-12-6-13-7(8)4-11/h5-6H,4,11H2,1-3H3,(H,14,15). The number of ether oxygens (including phenoxy) is 1. The number of hydrogen-bond acceptors (Lipinski definition) is 5. The predicted molar refractivity (Wildman–Crippen MR) is 59.8 cm³/mol. The van der Waals surface area contributed by atoms with Crippen molar-refractivity contribution in [3.8, 4) is 0 Å². The number of nitrogens with two attached hydrogens (primary N) is 1. The van der Waals surface area contributed by atoms with Crippen molar-refractivity contribution in [2.75, 3.05) is 5.32 Å². The zero-order chi connectivity index (χ0) is 12.2. The number of rotatable bonds is 2. The van der Waals surface area contributed by atoms with E-state index in [9.17, 15) is 4.79 Å². The molecule has 0 bridgehead atoms. The first-order chi connectivity index (χ1) is 7.42. The Morgan fingerprint density at radius 2 is 2.25 bits per heavy atom. The molecule has 1 rings (SSSR count). The molecule has 0 atom stereocenters. The summed E-state index contributed by atoms with van der Waals surface area (Å²) in [4.78, 5) is 19.2. The van der Waals surface area contributed by atoms with Crippen molar-refractivity contribution >= 4 is 11.8 Å². The van der Waals surface area contributed by atoms with Gasteiger partial charge in [0.05, 0.1) is 17.6 Å². The van der Waals surface area contributed by atoms with E-state index in [1.165, 1.54) is 12.5 Å². The number of amides is 1. The molecule has 0 radical (unpaired) electrons. The maximum atomic E-state index is 11.5. The SMILES string of the molecule is CC(C)(C)OC(=O)Nc1cncnc1CN. The van der Waals surface area contributed by atoms with Gasteiger partial charge in [0.25, 0.3) is 0 Å². The van der Waals surface area contributed by atoms with Crippen LogP contribution >= 0.6 is 0 Å². The van der Waals surface area contributed by atoms with Crippen LogP contribution in [0.25, 0.3) is 0 Å². The molecule has 0 saturated heterocycles. The summed E-state index contributed by atoms with van der Waals surface area (Å²) < 4.78 is 5.09. The summed E-state index contributed by atoms with van der Waals surface area (Å²) in [6.07, 6.45) is 2.32. The van der Waals surface area contributed by atoms with Gasteiger partial charge in [-0.3, -0.25) is 5.32 Å². The van der Waals surface area contributed by atoms with Crippen LogP contribution in [0.1, 0.15) is 26.5 Å². The molecular formula is C10H16N4O2. The fourth-order valence-corrected chi connectivity index (χ4v) is 1.04. The van der Waals surface area contributed by atoms with E-state index in [2.05, 4.69) is 15.3 Å². The first-order valence-corrected chi connectivity index (χ1v) is 4.91. The zero-order valence-electron chi connectivity index (χ0n) is 9.65. The fraction of sp³-hybridized carbons (Fsp3) is 0.500. The maximum absolute atomic E-state index is 11.5. The lowest BCUT2D eigenvalue weighted by molar-refractivity contribution is 0.0635. The average molecular weight is 224 g/mol. The molecule has 16 heavy (non-hydrogen) atoms. The zero-order valence-corrected chi connectivity index (χ0v) is 9.65. The molecule has 3 N–H and O–H groups in total.